The molecule has 216 valence electrons. The van der Waals surface area contributed by atoms with Crippen LogP contribution < -0.4 is 9.47 Å². The fourth-order valence-corrected chi connectivity index (χ4v) is 6.45. The predicted molar refractivity (Wildman–Crippen MR) is 155 cm³/mol. The number of hydrogen-bond donors (Lipinski definition) is 0. The normalized spacial score (nSPS) is 12.7. The van der Waals surface area contributed by atoms with Gasteiger partial charge in [0.15, 0.2) is 0 Å². The molecule has 0 radical (unpaired) electrons. The third kappa shape index (κ3) is 7.50. The molecule has 0 aliphatic rings. The van der Waals surface area contributed by atoms with Crippen molar-refractivity contribution in [2.45, 2.75) is 42.8 Å². The number of aromatic nitrogens is 1. The van der Waals surface area contributed by atoms with Gasteiger partial charge in [0, 0.05) is 19.3 Å². The summed E-state index contributed by atoms with van der Waals surface area (Å²) in [5.41, 5.74) is 2.74. The summed E-state index contributed by atoms with van der Waals surface area (Å²) in [5, 5.41) is 0. The molecule has 0 saturated heterocycles. The molecule has 1 unspecified atom stereocenters. The number of hydrogen-bond acceptors (Lipinski definition) is 8. The first-order chi connectivity index (χ1) is 19.5. The van der Waals surface area contributed by atoms with Gasteiger partial charge in [-0.25, -0.2) is 8.42 Å². The summed E-state index contributed by atoms with van der Waals surface area (Å²) in [4.78, 5) is 4.25. The minimum atomic E-state index is -4.04. The highest BCUT2D eigenvalue weighted by Gasteiger charge is 2.27. The third-order valence-electron chi connectivity index (χ3n) is 6.43. The molecular weight excluding hydrogens is 564 g/mol. The number of benzene rings is 3. The fraction of sp³-hybridized carbons (Fsp3) is 0.233. The molecule has 3 aromatic carbocycles. The minimum absolute atomic E-state index is 0.0295. The van der Waals surface area contributed by atoms with Crippen molar-refractivity contribution in [2.24, 2.45) is 0 Å². The maximum atomic E-state index is 13.8. The van der Waals surface area contributed by atoms with Crippen LogP contribution in [0.25, 0.3) is 0 Å². The number of nitrogens with zero attached hydrogens (tertiary/aromatic N) is 2. The zero-order valence-corrected chi connectivity index (χ0v) is 24.9. The number of pyridine rings is 1. The standard InChI is InChI=1S/C30H32N2O7S2/c1-22-5-15-28(16-6-22)41(35,36)39-23(2)30-18-17-29(19-31-30)40(33,34)32(20-24-7-11-26(37-3)12-8-24)21-25-9-13-27(38-4)14-10-25/h5-19,23H,20-21H2,1-4H3. The maximum Gasteiger partial charge on any atom is 0.297 e. The average molecular weight is 597 g/mol. The smallest absolute Gasteiger partial charge is 0.297 e. The van der Waals surface area contributed by atoms with Crippen LogP contribution in [0.5, 0.6) is 11.5 Å². The predicted octanol–water partition coefficient (Wildman–Crippen LogP) is 5.26. The fourth-order valence-electron chi connectivity index (χ4n) is 4.03. The molecule has 4 aromatic rings. The molecule has 0 fully saturated rings. The lowest BCUT2D eigenvalue weighted by atomic mass is 10.2. The summed E-state index contributed by atoms with van der Waals surface area (Å²) < 4.78 is 70.2. The Morgan fingerprint density at radius 1 is 0.707 bits per heavy atom. The molecule has 0 spiro atoms. The lowest BCUT2D eigenvalue weighted by Crippen LogP contribution is -2.30. The Morgan fingerprint density at radius 2 is 1.20 bits per heavy atom. The molecule has 0 N–H and O–H groups in total. The highest BCUT2D eigenvalue weighted by atomic mass is 32.2. The highest BCUT2D eigenvalue weighted by molar-refractivity contribution is 7.89. The van der Waals surface area contributed by atoms with Crippen LogP contribution in [0.4, 0.5) is 0 Å². The first-order valence-electron chi connectivity index (χ1n) is 12.7. The maximum absolute atomic E-state index is 13.8. The van der Waals surface area contributed by atoms with Crippen LogP contribution in [-0.2, 0) is 37.4 Å². The molecule has 0 amide bonds. The van der Waals surface area contributed by atoms with Gasteiger partial charge in [-0.05, 0) is 73.5 Å². The van der Waals surface area contributed by atoms with Gasteiger partial charge in [-0.3, -0.25) is 9.17 Å². The molecule has 41 heavy (non-hydrogen) atoms. The molecule has 1 aromatic heterocycles. The van der Waals surface area contributed by atoms with Crippen molar-refractivity contribution in [3.63, 3.8) is 0 Å². The monoisotopic (exact) mass is 596 g/mol. The average Bonchev–Trinajstić information content (AvgIpc) is 2.97. The van der Waals surface area contributed by atoms with Crippen LogP contribution in [0.15, 0.2) is 101 Å². The number of methoxy groups -OCH3 is 2. The molecule has 11 heteroatoms. The lowest BCUT2D eigenvalue weighted by molar-refractivity contribution is 0.229. The summed E-state index contributed by atoms with van der Waals surface area (Å²) in [6.45, 7) is 3.61. The molecule has 0 saturated carbocycles. The third-order valence-corrected chi connectivity index (χ3v) is 9.60. The molecule has 0 bridgehead atoms. The van der Waals surface area contributed by atoms with Crippen molar-refractivity contribution in [2.75, 3.05) is 14.2 Å². The largest absolute Gasteiger partial charge is 0.497 e. The van der Waals surface area contributed by atoms with Crippen molar-refractivity contribution < 1.29 is 30.5 Å². The van der Waals surface area contributed by atoms with Gasteiger partial charge < -0.3 is 9.47 Å². The van der Waals surface area contributed by atoms with Gasteiger partial charge in [0.25, 0.3) is 10.1 Å². The Bertz CT molecular complexity index is 1610. The molecule has 1 heterocycles. The van der Waals surface area contributed by atoms with Crippen LogP contribution in [-0.4, -0.2) is 40.3 Å². The van der Waals surface area contributed by atoms with E-state index in [1.54, 1.807) is 57.5 Å². The molecule has 4 rings (SSSR count). The van der Waals surface area contributed by atoms with Crippen molar-refractivity contribution in [1.29, 1.82) is 0 Å². The SMILES string of the molecule is COc1ccc(CN(Cc2ccc(OC)cc2)S(=O)(=O)c2ccc(C(C)OS(=O)(=O)c3ccc(C)cc3)nc2)cc1. The van der Waals surface area contributed by atoms with E-state index < -0.39 is 26.2 Å². The van der Waals surface area contributed by atoms with Crippen LogP contribution in [0.1, 0.15) is 35.4 Å². The summed E-state index contributed by atoms with van der Waals surface area (Å²) in [5.74, 6) is 1.33. The molecule has 9 nitrogen and oxygen atoms in total. The quantitative estimate of drug-likeness (QED) is 0.204. The van der Waals surface area contributed by atoms with Crippen molar-refractivity contribution in [1.82, 2.24) is 9.29 Å². The Balaban J connectivity index is 1.57. The van der Waals surface area contributed by atoms with E-state index in [2.05, 4.69) is 4.98 Å². The van der Waals surface area contributed by atoms with Gasteiger partial charge in [0.05, 0.1) is 24.8 Å². The summed E-state index contributed by atoms with van der Waals surface area (Å²) >= 11 is 0. The van der Waals surface area contributed by atoms with E-state index in [4.69, 9.17) is 13.7 Å². The molecule has 1 atom stereocenters. The Morgan fingerprint density at radius 3 is 1.63 bits per heavy atom. The number of ether oxygens (including phenoxy) is 2. The zero-order chi connectivity index (χ0) is 29.6. The second kappa shape index (κ2) is 12.8. The van der Waals surface area contributed by atoms with Gasteiger partial charge in [-0.1, -0.05) is 42.0 Å². The van der Waals surface area contributed by atoms with E-state index in [9.17, 15) is 16.8 Å². The van der Waals surface area contributed by atoms with Crippen LogP contribution in [0.3, 0.4) is 0 Å². The van der Waals surface area contributed by atoms with Crippen LogP contribution in [0, 0.1) is 6.92 Å². The van der Waals surface area contributed by atoms with Crippen molar-refractivity contribution in [3.05, 3.63) is 114 Å². The Labute approximate surface area is 241 Å². The molecular formula is C30H32N2O7S2. The number of sulfonamides is 1. The van der Waals surface area contributed by atoms with Gasteiger partial charge in [-0.15, -0.1) is 0 Å². The molecule has 0 aliphatic carbocycles. The van der Waals surface area contributed by atoms with E-state index in [0.717, 1.165) is 16.7 Å². The van der Waals surface area contributed by atoms with Gasteiger partial charge in [0.2, 0.25) is 10.0 Å². The van der Waals surface area contributed by atoms with Gasteiger partial charge in [-0.2, -0.15) is 12.7 Å². The summed E-state index contributed by atoms with van der Waals surface area (Å²) in [6.07, 6.45) is 0.283. The minimum Gasteiger partial charge on any atom is -0.497 e. The van der Waals surface area contributed by atoms with E-state index in [1.807, 2.05) is 31.2 Å². The Kier molecular flexibility index (Phi) is 9.44. The second-order valence-electron chi connectivity index (χ2n) is 9.39. The highest BCUT2D eigenvalue weighted by Crippen LogP contribution is 2.26. The second-order valence-corrected chi connectivity index (χ2v) is 12.9. The van der Waals surface area contributed by atoms with Crippen LogP contribution in [0.2, 0.25) is 0 Å². The van der Waals surface area contributed by atoms with Crippen molar-refractivity contribution in [3.8, 4) is 11.5 Å². The van der Waals surface area contributed by atoms with Crippen LogP contribution >= 0.6 is 0 Å². The van der Waals surface area contributed by atoms with Gasteiger partial charge >= 0.3 is 0 Å². The summed E-state index contributed by atoms with van der Waals surface area (Å²) in [7, 11) is -4.91. The number of aryl methyl sites for hydroxylation is 1. The van der Waals surface area contributed by atoms with Crippen molar-refractivity contribution >= 4 is 20.1 Å². The van der Waals surface area contributed by atoms with E-state index >= 15 is 0 Å². The van der Waals surface area contributed by atoms with E-state index in [1.165, 1.54) is 34.8 Å². The number of rotatable bonds is 12. The molecule has 0 aliphatic heterocycles. The lowest BCUT2D eigenvalue weighted by Gasteiger charge is -2.23. The first-order valence-corrected chi connectivity index (χ1v) is 15.6. The summed E-state index contributed by atoms with van der Waals surface area (Å²) in [6, 6.07) is 23.5. The Hall–Kier alpha value is -3.77. The first kappa shape index (κ1) is 30.2. The topological polar surface area (TPSA) is 112 Å². The van der Waals surface area contributed by atoms with E-state index in [0.29, 0.717) is 11.5 Å². The van der Waals surface area contributed by atoms with E-state index in [-0.39, 0.29) is 28.6 Å². The van der Waals surface area contributed by atoms with Gasteiger partial charge in [0.1, 0.15) is 22.5 Å². The zero-order valence-electron chi connectivity index (χ0n) is 23.2.